The molecule has 8 saturated heterocycles. The summed E-state index contributed by atoms with van der Waals surface area (Å²) in [6, 6.07) is 18.1. The van der Waals surface area contributed by atoms with E-state index in [1.807, 2.05) is 36.4 Å². The standard InChI is InChI=1S/C44H59O12P/c1-26-15-17-35-28(3)39(49-41-43(35)37(26)21-33(24-46-41)51-55-43)19-30(23-48-57(45,53-31-11-7-5-8-12-31)54-32-13-9-6-10-14-32)20-40-29(4)36-18-16-27(2)38-22-34-25-47-42(50-40)44(36,38)56-52-34/h5-14,26-30,33-42H,15-25H2,1-4H3/t26-,27-,28-,29-,33-,34-,35+,36+,37+,38+,39-,40-,41+,42+,43+,44+/m1/s1. The minimum Gasteiger partial charge on any atom is -0.395 e. The lowest BCUT2D eigenvalue weighted by Gasteiger charge is -2.60. The number of benzene rings is 2. The highest BCUT2D eigenvalue weighted by atomic mass is 31.2. The summed E-state index contributed by atoms with van der Waals surface area (Å²) in [7, 11) is -4.19. The molecule has 2 spiro atoms. The smallest absolute Gasteiger partial charge is 0.395 e. The number of phosphoric acid groups is 1. The third-order valence-electron chi connectivity index (χ3n) is 15.4. The van der Waals surface area contributed by atoms with Crippen molar-refractivity contribution in [2.45, 2.75) is 127 Å². The van der Waals surface area contributed by atoms with Gasteiger partial charge in [-0.05, 0) is 105 Å². The van der Waals surface area contributed by atoms with Crippen LogP contribution >= 0.6 is 7.82 Å². The molecule has 57 heavy (non-hydrogen) atoms. The zero-order valence-electron chi connectivity index (χ0n) is 33.6. The number of ether oxygens (including phenoxy) is 4. The summed E-state index contributed by atoms with van der Waals surface area (Å²) in [4.78, 5) is 24.8. The fraction of sp³-hybridized carbons (Fsp3) is 0.727. The Balaban J connectivity index is 0.950. The summed E-state index contributed by atoms with van der Waals surface area (Å²) < 4.78 is 60.5. The lowest BCUT2D eigenvalue weighted by atomic mass is 9.56. The minimum absolute atomic E-state index is 0.0848. The quantitative estimate of drug-likeness (QED) is 0.160. The first-order chi connectivity index (χ1) is 27.6. The van der Waals surface area contributed by atoms with Crippen LogP contribution in [0, 0.1) is 53.3 Å². The molecule has 0 amide bonds. The molecule has 16 atom stereocenters. The molecule has 0 aromatic heterocycles. The highest BCUT2D eigenvalue weighted by Gasteiger charge is 2.69. The van der Waals surface area contributed by atoms with Gasteiger partial charge in [0.25, 0.3) is 0 Å². The molecule has 2 aromatic carbocycles. The summed E-state index contributed by atoms with van der Waals surface area (Å²) >= 11 is 0. The number of hydrogen-bond acceptors (Lipinski definition) is 12. The molecule has 312 valence electrons. The van der Waals surface area contributed by atoms with E-state index in [9.17, 15) is 4.57 Å². The fourth-order valence-electron chi connectivity index (χ4n) is 12.5. The van der Waals surface area contributed by atoms with Crippen LogP contribution in [0.25, 0.3) is 0 Å². The van der Waals surface area contributed by atoms with Crippen molar-refractivity contribution in [3.05, 3.63) is 60.7 Å². The van der Waals surface area contributed by atoms with Gasteiger partial charge in [0.05, 0.1) is 32.0 Å². The summed E-state index contributed by atoms with van der Waals surface area (Å²) in [5, 5.41) is 0. The molecular weight excluding hydrogens is 751 g/mol. The average molecular weight is 811 g/mol. The van der Waals surface area contributed by atoms with E-state index in [1.54, 1.807) is 24.3 Å². The normalized spacial score (nSPS) is 45.2. The first-order valence-electron chi connectivity index (χ1n) is 21.6. The molecule has 8 aliphatic heterocycles. The van der Waals surface area contributed by atoms with Gasteiger partial charge in [0.2, 0.25) is 0 Å². The van der Waals surface area contributed by atoms with Crippen LogP contribution in [0.2, 0.25) is 0 Å². The highest BCUT2D eigenvalue weighted by Crippen LogP contribution is 2.61. The number of para-hydroxylation sites is 2. The Morgan fingerprint density at radius 2 is 1.11 bits per heavy atom. The largest absolute Gasteiger partial charge is 0.587 e. The molecule has 8 heterocycles. The van der Waals surface area contributed by atoms with Gasteiger partial charge in [-0.1, -0.05) is 64.1 Å². The van der Waals surface area contributed by atoms with E-state index in [0.717, 1.165) is 38.5 Å². The van der Waals surface area contributed by atoms with Crippen LogP contribution in [-0.4, -0.2) is 68.0 Å². The van der Waals surface area contributed by atoms with Crippen LogP contribution in [0.3, 0.4) is 0 Å². The van der Waals surface area contributed by atoms with Gasteiger partial charge in [0.1, 0.15) is 23.7 Å². The molecule has 0 radical (unpaired) electrons. The van der Waals surface area contributed by atoms with Gasteiger partial charge in [0, 0.05) is 23.7 Å². The van der Waals surface area contributed by atoms with Gasteiger partial charge in [-0.2, -0.15) is 0 Å². The lowest BCUT2D eigenvalue weighted by molar-refractivity contribution is -0.473. The molecule has 12 rings (SSSR count). The first-order valence-corrected chi connectivity index (χ1v) is 23.1. The van der Waals surface area contributed by atoms with Crippen LogP contribution in [0.5, 0.6) is 11.5 Å². The van der Waals surface area contributed by atoms with Crippen LogP contribution < -0.4 is 9.05 Å². The second kappa shape index (κ2) is 15.4. The second-order valence-corrected chi connectivity index (χ2v) is 20.1. The Labute approximate surface area is 336 Å². The third kappa shape index (κ3) is 6.82. The lowest BCUT2D eigenvalue weighted by Crippen LogP contribution is -2.68. The van der Waals surface area contributed by atoms with E-state index in [0.29, 0.717) is 61.2 Å². The Hall–Kier alpha value is -2.09. The van der Waals surface area contributed by atoms with Crippen molar-refractivity contribution >= 4 is 7.82 Å². The Kier molecular flexibility index (Phi) is 10.6. The van der Waals surface area contributed by atoms with Gasteiger partial charge < -0.3 is 28.0 Å². The van der Waals surface area contributed by atoms with E-state index >= 15 is 0 Å². The molecular formula is C44H59O12P. The summed E-state index contributed by atoms with van der Waals surface area (Å²) in [6.07, 6.45) is 5.68. The van der Waals surface area contributed by atoms with E-state index in [2.05, 4.69) is 27.7 Å². The van der Waals surface area contributed by atoms with Crippen molar-refractivity contribution in [1.82, 2.24) is 0 Å². The predicted molar refractivity (Wildman–Crippen MR) is 205 cm³/mol. The molecule has 2 aromatic rings. The van der Waals surface area contributed by atoms with Crippen molar-refractivity contribution < 1.29 is 56.6 Å². The van der Waals surface area contributed by atoms with Gasteiger partial charge in [0.15, 0.2) is 23.8 Å². The molecule has 12 nitrogen and oxygen atoms in total. The molecule has 13 heteroatoms. The molecule has 0 unspecified atom stereocenters. The topological polar surface area (TPSA) is 119 Å². The first kappa shape index (κ1) is 39.1. The van der Waals surface area contributed by atoms with Crippen molar-refractivity contribution in [3.8, 4) is 11.5 Å². The average Bonchev–Trinajstić information content (AvgIpc) is 3.65. The van der Waals surface area contributed by atoms with Gasteiger partial charge in [-0.25, -0.2) is 24.1 Å². The van der Waals surface area contributed by atoms with Crippen LogP contribution in [0.4, 0.5) is 0 Å². The summed E-state index contributed by atoms with van der Waals surface area (Å²) in [6.45, 7) is 10.2. The maximum absolute atomic E-state index is 14.7. The Morgan fingerprint density at radius 1 is 0.649 bits per heavy atom. The number of rotatable bonds is 11. The van der Waals surface area contributed by atoms with Crippen molar-refractivity contribution in [2.24, 2.45) is 53.3 Å². The van der Waals surface area contributed by atoms with E-state index in [4.69, 9.17) is 52.1 Å². The van der Waals surface area contributed by atoms with Gasteiger partial charge in [-0.15, -0.1) is 0 Å². The van der Waals surface area contributed by atoms with Gasteiger partial charge in [-0.3, -0.25) is 4.52 Å². The number of hydrogen-bond donors (Lipinski definition) is 0. The van der Waals surface area contributed by atoms with Crippen LogP contribution in [0.1, 0.15) is 79.1 Å². The maximum atomic E-state index is 14.7. The number of fused-ring (bicyclic) bond motifs is 4. The minimum atomic E-state index is -4.19. The SMILES string of the molecule is C[C@H]1[C@@H](CC(COP(=O)(Oc2ccccc2)Oc2ccccc2)C[C@H]2O[C@@H]3OC[C@H]4C[C@H]5[C@H](C)CC[C@@H]([C@H]2C)[C@@]35OO4)O[C@@H]2OC[C@H]3C[C@H]4[C@H](C)CC[C@@H]1[C@@]24OO3. The van der Waals surface area contributed by atoms with Gasteiger partial charge >= 0.3 is 7.82 Å². The van der Waals surface area contributed by atoms with E-state index in [-0.39, 0.29) is 60.6 Å². The third-order valence-corrected chi connectivity index (χ3v) is 16.7. The molecule has 4 bridgehead atoms. The molecule has 0 N–H and O–H groups in total. The Bertz CT molecular complexity index is 1630. The van der Waals surface area contributed by atoms with Crippen LogP contribution in [0.15, 0.2) is 60.7 Å². The summed E-state index contributed by atoms with van der Waals surface area (Å²) in [5.74, 6) is 2.83. The monoisotopic (exact) mass is 810 g/mol. The molecule has 10 aliphatic rings. The highest BCUT2D eigenvalue weighted by molar-refractivity contribution is 7.49. The zero-order chi connectivity index (χ0) is 38.9. The number of phosphoric ester groups is 1. The molecule has 10 fully saturated rings. The second-order valence-electron chi connectivity index (χ2n) is 18.6. The van der Waals surface area contributed by atoms with Crippen molar-refractivity contribution in [3.63, 3.8) is 0 Å². The summed E-state index contributed by atoms with van der Waals surface area (Å²) in [5.41, 5.74) is -1.28. The zero-order valence-corrected chi connectivity index (χ0v) is 34.5. The van der Waals surface area contributed by atoms with Crippen LogP contribution in [-0.2, 0) is 47.6 Å². The predicted octanol–water partition coefficient (Wildman–Crippen LogP) is 8.69. The van der Waals surface area contributed by atoms with Crippen molar-refractivity contribution in [2.75, 3.05) is 19.8 Å². The van der Waals surface area contributed by atoms with E-state index in [1.165, 1.54) is 0 Å². The van der Waals surface area contributed by atoms with E-state index < -0.39 is 31.6 Å². The maximum Gasteiger partial charge on any atom is 0.587 e. The van der Waals surface area contributed by atoms with Crippen molar-refractivity contribution in [1.29, 1.82) is 0 Å². The molecule has 2 saturated carbocycles. The fourth-order valence-corrected chi connectivity index (χ4v) is 13.8. The Morgan fingerprint density at radius 3 is 1.56 bits per heavy atom. The molecule has 2 aliphatic carbocycles.